The Labute approximate surface area is 367 Å². The van der Waals surface area contributed by atoms with Gasteiger partial charge < -0.3 is 24.4 Å². The van der Waals surface area contributed by atoms with Gasteiger partial charge in [-0.15, -0.1) is 0 Å². The van der Waals surface area contributed by atoms with E-state index in [4.69, 9.17) is 14.2 Å². The number of amides is 5. The quantitative estimate of drug-likeness (QED) is 0.213. The summed E-state index contributed by atoms with van der Waals surface area (Å²) in [5.74, 6) is 0.705. The van der Waals surface area contributed by atoms with Gasteiger partial charge in [-0.25, -0.2) is 9.97 Å². The van der Waals surface area contributed by atoms with Crippen molar-refractivity contribution in [3.8, 4) is 23.3 Å². The van der Waals surface area contributed by atoms with Gasteiger partial charge in [-0.05, 0) is 121 Å². The van der Waals surface area contributed by atoms with Crippen molar-refractivity contribution in [2.45, 2.75) is 127 Å². The molecule has 3 aliphatic heterocycles. The number of rotatable bonds is 13. The average Bonchev–Trinajstić information content (AvgIpc) is 3.54. The molecule has 1 atom stereocenters. The number of hydrogen-bond donors (Lipinski definition) is 2. The molecule has 1 unspecified atom stereocenters. The second-order valence-electron chi connectivity index (χ2n) is 17.7. The Morgan fingerprint density at radius 2 is 1.52 bits per heavy atom. The van der Waals surface area contributed by atoms with Crippen molar-refractivity contribution in [1.29, 1.82) is 5.26 Å². The molecule has 2 aromatic carbocycles. The molecular weight excluding hydrogens is 805 g/mol. The molecule has 8 rings (SSSR count). The van der Waals surface area contributed by atoms with Crippen molar-refractivity contribution in [3.05, 3.63) is 71.2 Å². The first-order valence-corrected chi connectivity index (χ1v) is 22.4. The third-order valence-corrected chi connectivity index (χ3v) is 13.4. The fourth-order valence-electron chi connectivity index (χ4n) is 9.85. The number of nitrogens with zero attached hydrogens (tertiary/aromatic N) is 6. The Balaban J connectivity index is 0.758. The second kappa shape index (κ2) is 19.1. The maximum atomic E-state index is 13.3. The summed E-state index contributed by atoms with van der Waals surface area (Å²) in [5.41, 5.74) is 1.24. The maximum absolute atomic E-state index is 13.3. The number of hydrogen-bond acceptors (Lipinski definition) is 13. The van der Waals surface area contributed by atoms with Gasteiger partial charge in [0.1, 0.15) is 40.9 Å². The Hall–Kier alpha value is -6.08. The van der Waals surface area contributed by atoms with Crippen molar-refractivity contribution in [1.82, 2.24) is 30.4 Å². The molecule has 1 aromatic heterocycles. The minimum Gasteiger partial charge on any atom is -0.495 e. The molecule has 4 fully saturated rings. The fourth-order valence-corrected chi connectivity index (χ4v) is 9.85. The van der Waals surface area contributed by atoms with Crippen LogP contribution in [0.3, 0.4) is 0 Å². The van der Waals surface area contributed by atoms with E-state index in [1.165, 1.54) is 7.11 Å². The van der Waals surface area contributed by atoms with Crippen LogP contribution in [0.15, 0.2) is 48.8 Å². The van der Waals surface area contributed by atoms with Crippen LogP contribution < -0.4 is 29.7 Å². The molecule has 4 heterocycles. The summed E-state index contributed by atoms with van der Waals surface area (Å²) in [4.78, 5) is 78.7. The summed E-state index contributed by atoms with van der Waals surface area (Å²) >= 11 is 0. The predicted molar refractivity (Wildman–Crippen MR) is 230 cm³/mol. The van der Waals surface area contributed by atoms with Crippen LogP contribution in [0, 0.1) is 17.2 Å². The Morgan fingerprint density at radius 3 is 2.16 bits per heavy atom. The lowest BCUT2D eigenvalue weighted by Gasteiger charge is -2.42. The molecule has 2 aliphatic carbocycles. The summed E-state index contributed by atoms with van der Waals surface area (Å²) in [5, 5.41) is 14.6. The van der Waals surface area contributed by atoms with Gasteiger partial charge in [-0.2, -0.15) is 5.26 Å². The third-order valence-electron chi connectivity index (χ3n) is 13.4. The van der Waals surface area contributed by atoms with E-state index in [2.05, 4.69) is 50.3 Å². The maximum Gasteiger partial charge on any atom is 0.271 e. The molecule has 16 heteroatoms. The molecule has 2 saturated heterocycles. The highest BCUT2D eigenvalue weighted by molar-refractivity contribution is 6.23. The SMILES string of the molecule is COc1cc(OC2CCC(NC(=O)c3cnc(N4CCC(CN(C(C)C)C5CCC(Oc6ccc7c(c6)C(=O)N(C6CCC(=O)NC6=O)C7=O)CC5)CC4)cn3)CC2)ccc1C#N. The lowest BCUT2D eigenvalue weighted by molar-refractivity contribution is -0.136. The number of nitriles is 1. The van der Waals surface area contributed by atoms with E-state index < -0.39 is 29.7 Å². The van der Waals surface area contributed by atoms with E-state index in [1.807, 2.05) is 0 Å². The number of imide groups is 2. The zero-order valence-corrected chi connectivity index (χ0v) is 36.2. The standard InChI is InChI=1S/C47H56N8O8/c1-28(2)54(32-7-12-34(13-8-32)62-35-14-15-37-38(22-35)47(60)55(46(37)59)40-16-17-43(56)52-45(40)58)27-29-18-20-53(21-19-29)42-26-49-39(25-50-42)44(57)51-31-5-10-33(11-6-31)63-36-9-4-30(24-48)41(23-36)61-3/h4,9,14-15,22-23,25-26,28-29,31-34,40H,5-8,10-13,16-21,27H2,1-3H3,(H,51,57)(H,52,56,58). The Kier molecular flexibility index (Phi) is 13.2. The number of ether oxygens (including phenoxy) is 3. The number of nitrogens with one attached hydrogen (secondary N) is 2. The van der Waals surface area contributed by atoms with Crippen LogP contribution in [-0.4, -0.2) is 112 Å². The van der Waals surface area contributed by atoms with Crippen molar-refractivity contribution in [2.75, 3.05) is 31.6 Å². The summed E-state index contributed by atoms with van der Waals surface area (Å²) < 4.78 is 17.8. The summed E-state index contributed by atoms with van der Waals surface area (Å²) in [6.45, 7) is 7.30. The van der Waals surface area contributed by atoms with Crippen LogP contribution in [0.5, 0.6) is 17.2 Å². The minimum atomic E-state index is -1.00. The number of piperidine rings is 2. The molecule has 16 nitrogen and oxygen atoms in total. The Bertz CT molecular complexity index is 2240. The highest BCUT2D eigenvalue weighted by atomic mass is 16.5. The van der Waals surface area contributed by atoms with Gasteiger partial charge in [-0.1, -0.05) is 0 Å². The average molecular weight is 861 g/mol. The van der Waals surface area contributed by atoms with Gasteiger partial charge in [0, 0.05) is 50.2 Å². The highest BCUT2D eigenvalue weighted by Crippen LogP contribution is 2.34. The molecule has 63 heavy (non-hydrogen) atoms. The Morgan fingerprint density at radius 1 is 0.857 bits per heavy atom. The van der Waals surface area contributed by atoms with E-state index in [1.54, 1.807) is 48.8 Å². The molecule has 3 aromatic rings. The molecule has 332 valence electrons. The van der Waals surface area contributed by atoms with Crippen LogP contribution in [0.2, 0.25) is 0 Å². The molecule has 2 N–H and O–H groups in total. The van der Waals surface area contributed by atoms with Crippen LogP contribution in [0.25, 0.3) is 0 Å². The lowest BCUT2D eigenvalue weighted by Crippen LogP contribution is -2.54. The van der Waals surface area contributed by atoms with Gasteiger partial charge in [-0.3, -0.25) is 39.1 Å². The molecule has 0 spiro atoms. The molecular formula is C47H56N8O8. The number of aromatic nitrogens is 2. The van der Waals surface area contributed by atoms with Crippen LogP contribution >= 0.6 is 0 Å². The number of carbonyl (C=O) groups excluding carboxylic acids is 5. The second-order valence-corrected chi connectivity index (χ2v) is 17.7. The van der Waals surface area contributed by atoms with Crippen molar-refractivity contribution < 1.29 is 38.2 Å². The van der Waals surface area contributed by atoms with Gasteiger partial charge in [0.05, 0.1) is 48.4 Å². The monoisotopic (exact) mass is 860 g/mol. The van der Waals surface area contributed by atoms with E-state index in [0.29, 0.717) is 46.5 Å². The van der Waals surface area contributed by atoms with Crippen molar-refractivity contribution >= 4 is 35.4 Å². The molecule has 0 bridgehead atoms. The van der Waals surface area contributed by atoms with Crippen LogP contribution in [0.1, 0.15) is 128 Å². The van der Waals surface area contributed by atoms with Gasteiger partial charge in [0.2, 0.25) is 11.8 Å². The normalized spacial score (nSPS) is 24.2. The van der Waals surface area contributed by atoms with E-state index in [0.717, 1.165) is 94.6 Å². The highest BCUT2D eigenvalue weighted by Gasteiger charge is 2.45. The first-order chi connectivity index (χ1) is 30.5. The zero-order valence-electron chi connectivity index (χ0n) is 36.2. The smallest absolute Gasteiger partial charge is 0.271 e. The minimum absolute atomic E-state index is 0.0125. The fraction of sp³-hybridized carbons (Fsp3) is 0.532. The van der Waals surface area contributed by atoms with E-state index >= 15 is 0 Å². The number of carbonyl (C=O) groups is 5. The van der Waals surface area contributed by atoms with Gasteiger partial charge in [0.15, 0.2) is 0 Å². The van der Waals surface area contributed by atoms with Crippen molar-refractivity contribution in [2.24, 2.45) is 5.92 Å². The molecule has 5 aliphatic rings. The topological polar surface area (TPSA) is 196 Å². The largest absolute Gasteiger partial charge is 0.495 e. The number of benzene rings is 2. The third kappa shape index (κ3) is 9.78. The van der Waals surface area contributed by atoms with Crippen LogP contribution in [0.4, 0.5) is 5.82 Å². The number of anilines is 1. The predicted octanol–water partition coefficient (Wildman–Crippen LogP) is 5.20. The zero-order chi connectivity index (χ0) is 44.2. The molecule has 5 amide bonds. The summed E-state index contributed by atoms with van der Waals surface area (Å²) in [6.07, 6.45) is 12.5. The summed E-state index contributed by atoms with van der Waals surface area (Å²) in [7, 11) is 1.53. The van der Waals surface area contributed by atoms with Crippen LogP contribution in [-0.2, 0) is 9.59 Å². The first-order valence-electron chi connectivity index (χ1n) is 22.4. The first kappa shape index (κ1) is 43.6. The van der Waals surface area contributed by atoms with E-state index in [-0.39, 0.29) is 48.1 Å². The summed E-state index contributed by atoms with van der Waals surface area (Å²) in [6, 6.07) is 12.1. The number of fused-ring (bicyclic) bond motifs is 1. The van der Waals surface area contributed by atoms with E-state index in [9.17, 15) is 29.2 Å². The van der Waals surface area contributed by atoms with Crippen molar-refractivity contribution in [3.63, 3.8) is 0 Å². The number of methoxy groups -OCH3 is 1. The molecule has 0 radical (unpaired) electrons. The van der Waals surface area contributed by atoms with Gasteiger partial charge >= 0.3 is 0 Å². The lowest BCUT2D eigenvalue weighted by atomic mass is 9.89. The van der Waals surface area contributed by atoms with Gasteiger partial charge in [0.25, 0.3) is 17.7 Å². The molecule has 2 saturated carbocycles.